The van der Waals surface area contributed by atoms with Crippen molar-refractivity contribution in [3.63, 3.8) is 0 Å². The predicted octanol–water partition coefficient (Wildman–Crippen LogP) is 3.85. The molecule has 1 saturated carbocycles. The first-order chi connectivity index (χ1) is 13.9. The molecule has 3 atom stereocenters. The van der Waals surface area contributed by atoms with Gasteiger partial charge in [-0.05, 0) is 57.2 Å². The molecule has 2 N–H and O–H groups in total. The quantitative estimate of drug-likeness (QED) is 0.666. The Kier molecular flexibility index (Phi) is 6.12. The number of carbonyl (C=O) groups excluding carboxylic acids is 1. The molecular weight excluding hydrogens is 384 g/mol. The van der Waals surface area contributed by atoms with Crippen molar-refractivity contribution in [1.29, 1.82) is 0 Å². The molecule has 0 amide bonds. The number of aliphatic hydroxyl groups is 2. The van der Waals surface area contributed by atoms with Crippen molar-refractivity contribution >= 4 is 16.8 Å². The van der Waals surface area contributed by atoms with Crippen LogP contribution < -0.4 is 10.4 Å². The molecule has 1 aliphatic rings. The van der Waals surface area contributed by atoms with E-state index in [-0.39, 0.29) is 11.7 Å². The van der Waals surface area contributed by atoms with Crippen molar-refractivity contribution in [2.24, 2.45) is 11.3 Å². The molecule has 0 radical (unpaired) electrons. The van der Waals surface area contributed by atoms with Crippen molar-refractivity contribution in [1.82, 2.24) is 0 Å². The lowest BCUT2D eigenvalue weighted by atomic mass is 9.59. The second-order valence-corrected chi connectivity index (χ2v) is 9.64. The van der Waals surface area contributed by atoms with Crippen LogP contribution in [0.3, 0.4) is 0 Å². The number of ketones is 1. The smallest absolute Gasteiger partial charge is 0.336 e. The van der Waals surface area contributed by atoms with Crippen molar-refractivity contribution in [2.75, 3.05) is 6.61 Å². The molecule has 1 aromatic carbocycles. The van der Waals surface area contributed by atoms with Crippen molar-refractivity contribution in [3.05, 3.63) is 40.8 Å². The maximum absolute atomic E-state index is 12.4. The minimum atomic E-state index is -0.990. The third-order valence-electron chi connectivity index (χ3n) is 6.67. The van der Waals surface area contributed by atoms with E-state index in [1.807, 2.05) is 19.9 Å². The zero-order valence-electron chi connectivity index (χ0n) is 18.2. The van der Waals surface area contributed by atoms with Crippen LogP contribution in [0.25, 0.3) is 11.0 Å². The van der Waals surface area contributed by atoms with E-state index in [2.05, 4.69) is 0 Å². The maximum atomic E-state index is 12.4. The van der Waals surface area contributed by atoms with Gasteiger partial charge in [0.25, 0.3) is 0 Å². The minimum Gasteiger partial charge on any atom is -0.493 e. The van der Waals surface area contributed by atoms with Crippen LogP contribution in [0, 0.1) is 11.3 Å². The number of carbonyl (C=O) groups is 1. The molecule has 3 unspecified atom stereocenters. The van der Waals surface area contributed by atoms with Crippen molar-refractivity contribution in [2.45, 2.75) is 71.0 Å². The molecule has 1 heterocycles. The van der Waals surface area contributed by atoms with Gasteiger partial charge < -0.3 is 19.4 Å². The Morgan fingerprint density at radius 1 is 1.17 bits per heavy atom. The Bertz CT molecular complexity index is 969. The van der Waals surface area contributed by atoms with Crippen LogP contribution in [0.4, 0.5) is 0 Å². The Hall–Kier alpha value is -2.18. The Labute approximate surface area is 176 Å². The first-order valence-electron chi connectivity index (χ1n) is 10.6. The highest BCUT2D eigenvalue weighted by Crippen LogP contribution is 2.47. The fourth-order valence-corrected chi connectivity index (χ4v) is 4.61. The van der Waals surface area contributed by atoms with Crippen LogP contribution in [0.2, 0.25) is 0 Å². The zero-order chi connectivity index (χ0) is 22.2. The Morgan fingerprint density at radius 3 is 2.60 bits per heavy atom. The largest absolute Gasteiger partial charge is 0.493 e. The number of fused-ring (bicyclic) bond motifs is 1. The number of hydrogen-bond acceptors (Lipinski definition) is 6. The third kappa shape index (κ3) is 4.93. The van der Waals surface area contributed by atoms with Gasteiger partial charge in [-0.3, -0.25) is 4.79 Å². The fraction of sp³-hybridized carbons (Fsp3) is 0.583. The van der Waals surface area contributed by atoms with Crippen LogP contribution in [0.1, 0.15) is 59.8 Å². The van der Waals surface area contributed by atoms with E-state index in [0.29, 0.717) is 50.0 Å². The summed E-state index contributed by atoms with van der Waals surface area (Å²) in [7, 11) is 0. The molecule has 1 aromatic heterocycles. The van der Waals surface area contributed by atoms with Crippen LogP contribution in [-0.4, -0.2) is 33.8 Å². The van der Waals surface area contributed by atoms with Gasteiger partial charge in [0, 0.05) is 35.8 Å². The predicted molar refractivity (Wildman–Crippen MR) is 115 cm³/mol. The van der Waals surface area contributed by atoms with Gasteiger partial charge in [0.15, 0.2) is 0 Å². The van der Waals surface area contributed by atoms with Crippen LogP contribution in [0.15, 0.2) is 39.5 Å². The van der Waals surface area contributed by atoms with Gasteiger partial charge in [0.1, 0.15) is 17.1 Å². The van der Waals surface area contributed by atoms with Crippen LogP contribution in [-0.2, 0) is 4.79 Å². The molecule has 164 valence electrons. The highest BCUT2D eigenvalue weighted by atomic mass is 16.5. The van der Waals surface area contributed by atoms with Gasteiger partial charge in [-0.1, -0.05) is 13.8 Å². The zero-order valence-corrected chi connectivity index (χ0v) is 18.2. The SMILES string of the molecule is CC(O)(CCOc1ccc2ccc(=O)oc2c1)CCC1C(C)(O)CCC(=O)C1(C)C. The molecule has 0 bridgehead atoms. The first-order valence-corrected chi connectivity index (χ1v) is 10.6. The maximum Gasteiger partial charge on any atom is 0.336 e. The van der Waals surface area contributed by atoms with Gasteiger partial charge in [-0.15, -0.1) is 0 Å². The molecule has 1 aliphatic carbocycles. The Morgan fingerprint density at radius 2 is 1.87 bits per heavy atom. The van der Waals surface area contributed by atoms with Gasteiger partial charge in [0.05, 0.1) is 17.8 Å². The molecule has 0 aliphatic heterocycles. The normalized spacial score (nSPS) is 25.8. The number of rotatable bonds is 7. The molecule has 1 fully saturated rings. The van der Waals surface area contributed by atoms with Gasteiger partial charge in [0.2, 0.25) is 0 Å². The first kappa shape index (κ1) is 22.5. The van der Waals surface area contributed by atoms with E-state index in [1.54, 1.807) is 32.0 Å². The summed E-state index contributed by atoms with van der Waals surface area (Å²) in [5.74, 6) is 0.529. The van der Waals surface area contributed by atoms with Crippen LogP contribution >= 0.6 is 0 Å². The lowest BCUT2D eigenvalue weighted by molar-refractivity contribution is -0.151. The summed E-state index contributed by atoms with van der Waals surface area (Å²) in [5.41, 5.74) is -2.47. The van der Waals surface area contributed by atoms with Gasteiger partial charge in [-0.25, -0.2) is 4.79 Å². The van der Waals surface area contributed by atoms with E-state index in [4.69, 9.17) is 9.15 Å². The average molecular weight is 417 g/mol. The van der Waals surface area contributed by atoms with Crippen molar-refractivity contribution < 1.29 is 24.2 Å². The number of benzene rings is 1. The average Bonchev–Trinajstić information content (AvgIpc) is 2.64. The third-order valence-corrected chi connectivity index (χ3v) is 6.67. The minimum absolute atomic E-state index is 0.171. The number of hydrogen-bond donors (Lipinski definition) is 2. The van der Waals surface area contributed by atoms with E-state index in [1.165, 1.54) is 6.07 Å². The van der Waals surface area contributed by atoms with Gasteiger partial charge in [-0.2, -0.15) is 0 Å². The Balaban J connectivity index is 1.57. The van der Waals surface area contributed by atoms with Crippen molar-refractivity contribution in [3.8, 4) is 5.75 Å². The molecule has 0 saturated heterocycles. The summed E-state index contributed by atoms with van der Waals surface area (Å²) in [6, 6.07) is 8.35. The van der Waals surface area contributed by atoms with Gasteiger partial charge >= 0.3 is 5.63 Å². The molecule has 0 spiro atoms. The molecular formula is C24H32O6. The second-order valence-electron chi connectivity index (χ2n) is 9.64. The summed E-state index contributed by atoms with van der Waals surface area (Å²) < 4.78 is 10.9. The van der Waals surface area contributed by atoms with E-state index in [0.717, 1.165) is 5.39 Å². The standard InChI is InChI=1S/C24H32O6/c1-22(2)19(24(4,28)12-10-20(22)25)9-11-23(3,27)13-14-29-17-7-5-16-6-8-21(26)30-18(16)15-17/h5-8,15,19,27-28H,9-14H2,1-4H3. The summed E-state index contributed by atoms with van der Waals surface area (Å²) in [6.45, 7) is 7.62. The summed E-state index contributed by atoms with van der Waals surface area (Å²) in [6.07, 6.45) is 2.27. The van der Waals surface area contributed by atoms with Crippen LogP contribution in [0.5, 0.6) is 5.75 Å². The summed E-state index contributed by atoms with van der Waals surface area (Å²) in [4.78, 5) is 23.7. The number of Topliss-reactive ketones (excluding diaryl/α,β-unsaturated/α-hetero) is 1. The molecule has 6 nitrogen and oxygen atoms in total. The summed E-state index contributed by atoms with van der Waals surface area (Å²) >= 11 is 0. The second kappa shape index (κ2) is 8.16. The fourth-order valence-electron chi connectivity index (χ4n) is 4.61. The summed E-state index contributed by atoms with van der Waals surface area (Å²) in [5, 5.41) is 22.5. The van der Waals surface area contributed by atoms with E-state index >= 15 is 0 Å². The molecule has 6 heteroatoms. The highest BCUT2D eigenvalue weighted by molar-refractivity contribution is 5.85. The van der Waals surface area contributed by atoms with E-state index in [9.17, 15) is 19.8 Å². The highest BCUT2D eigenvalue weighted by Gasteiger charge is 2.50. The lowest BCUT2D eigenvalue weighted by Crippen LogP contribution is -2.52. The molecule has 30 heavy (non-hydrogen) atoms. The number of ether oxygens (including phenoxy) is 1. The molecule has 2 aromatic rings. The monoisotopic (exact) mass is 416 g/mol. The topological polar surface area (TPSA) is 97.0 Å². The lowest BCUT2D eigenvalue weighted by Gasteiger charge is -2.47. The molecule has 3 rings (SSSR count). The van der Waals surface area contributed by atoms with E-state index < -0.39 is 22.2 Å².